The zero-order valence-electron chi connectivity index (χ0n) is 16.5. The average Bonchev–Trinajstić information content (AvgIpc) is 2.75. The Hall–Kier alpha value is -2.87. The van der Waals surface area contributed by atoms with Gasteiger partial charge in [0.05, 0.1) is 17.2 Å². The topological polar surface area (TPSA) is 67.9 Å². The Labute approximate surface area is 195 Å². The molecule has 1 fully saturated rings. The molecule has 2 aromatic rings. The van der Waals surface area contributed by atoms with Gasteiger partial charge in [-0.3, -0.25) is 19.8 Å². The van der Waals surface area contributed by atoms with Crippen molar-refractivity contribution in [1.82, 2.24) is 10.2 Å². The molecule has 160 valence electrons. The van der Waals surface area contributed by atoms with Crippen molar-refractivity contribution in [2.24, 2.45) is 0 Å². The molecule has 0 aromatic heterocycles. The predicted molar refractivity (Wildman–Crippen MR) is 124 cm³/mol. The average molecular weight is 477 g/mol. The van der Waals surface area contributed by atoms with Crippen molar-refractivity contribution in [3.8, 4) is 11.5 Å². The molecule has 0 unspecified atom stereocenters. The lowest BCUT2D eigenvalue weighted by Crippen LogP contribution is -2.53. The highest BCUT2D eigenvalue weighted by molar-refractivity contribution is 7.80. The van der Waals surface area contributed by atoms with Crippen LogP contribution in [0.3, 0.4) is 0 Å². The lowest BCUT2D eigenvalue weighted by Gasteiger charge is -2.27. The number of amides is 2. The van der Waals surface area contributed by atoms with Crippen LogP contribution in [-0.2, 0) is 16.2 Å². The van der Waals surface area contributed by atoms with Crippen molar-refractivity contribution in [2.45, 2.75) is 6.61 Å². The van der Waals surface area contributed by atoms with Crippen LogP contribution in [0.4, 0.5) is 0 Å². The summed E-state index contributed by atoms with van der Waals surface area (Å²) >= 11 is 17.0. The summed E-state index contributed by atoms with van der Waals surface area (Å²) in [5.41, 5.74) is 1.39. The third-order valence-corrected chi connectivity index (χ3v) is 5.44. The standard InChI is InChI=1S/C22H18Cl2N2O4S/c1-3-8-26-21(28)15(20(27)25-22(26)31)9-13-5-7-18(19(11-13)29-2)30-12-14-4-6-16(23)17(24)10-14/h3-7,9-11H,1,8,12H2,2H3,(H,25,27,31)/b15-9+. The van der Waals surface area contributed by atoms with Crippen molar-refractivity contribution in [3.63, 3.8) is 0 Å². The van der Waals surface area contributed by atoms with E-state index in [1.54, 1.807) is 30.3 Å². The van der Waals surface area contributed by atoms with Gasteiger partial charge in [0.2, 0.25) is 0 Å². The number of halogens is 2. The van der Waals surface area contributed by atoms with E-state index < -0.39 is 11.8 Å². The normalized spacial score (nSPS) is 15.1. The number of benzene rings is 2. The maximum absolute atomic E-state index is 12.7. The summed E-state index contributed by atoms with van der Waals surface area (Å²) in [4.78, 5) is 26.2. The van der Waals surface area contributed by atoms with Gasteiger partial charge in [0.1, 0.15) is 12.2 Å². The van der Waals surface area contributed by atoms with E-state index in [0.29, 0.717) is 27.1 Å². The second-order valence-electron chi connectivity index (χ2n) is 6.47. The number of hydrogen-bond acceptors (Lipinski definition) is 5. The Morgan fingerprint density at radius 1 is 1.13 bits per heavy atom. The van der Waals surface area contributed by atoms with Crippen LogP contribution in [0.15, 0.2) is 54.6 Å². The molecule has 2 aromatic carbocycles. The van der Waals surface area contributed by atoms with Gasteiger partial charge in [-0.05, 0) is 53.7 Å². The zero-order chi connectivity index (χ0) is 22.5. The molecule has 0 bridgehead atoms. The number of rotatable bonds is 7. The fraction of sp³-hybridized carbons (Fsp3) is 0.136. The monoisotopic (exact) mass is 476 g/mol. The Morgan fingerprint density at radius 2 is 1.90 bits per heavy atom. The van der Waals surface area contributed by atoms with E-state index in [1.165, 1.54) is 24.2 Å². The first-order valence-corrected chi connectivity index (χ1v) is 10.2. The van der Waals surface area contributed by atoms with E-state index in [4.69, 9.17) is 44.9 Å². The number of nitrogens with zero attached hydrogens (tertiary/aromatic N) is 1. The Balaban J connectivity index is 1.82. The van der Waals surface area contributed by atoms with E-state index in [2.05, 4.69) is 11.9 Å². The Kier molecular flexibility index (Phi) is 7.33. The van der Waals surface area contributed by atoms with Crippen molar-refractivity contribution in [3.05, 3.63) is 75.8 Å². The number of hydrogen-bond donors (Lipinski definition) is 1. The van der Waals surface area contributed by atoms with E-state index in [9.17, 15) is 9.59 Å². The molecule has 0 saturated carbocycles. The summed E-state index contributed by atoms with van der Waals surface area (Å²) in [6, 6.07) is 10.3. The third-order valence-electron chi connectivity index (χ3n) is 4.37. The van der Waals surface area contributed by atoms with Gasteiger partial charge in [0, 0.05) is 6.54 Å². The number of methoxy groups -OCH3 is 1. The van der Waals surface area contributed by atoms with Crippen molar-refractivity contribution < 1.29 is 19.1 Å². The first-order chi connectivity index (χ1) is 14.8. The highest BCUT2D eigenvalue weighted by atomic mass is 35.5. The molecule has 3 rings (SSSR count). The van der Waals surface area contributed by atoms with Crippen LogP contribution < -0.4 is 14.8 Å². The molecule has 0 spiro atoms. The van der Waals surface area contributed by atoms with Crippen molar-refractivity contribution in [2.75, 3.05) is 13.7 Å². The van der Waals surface area contributed by atoms with Crippen LogP contribution in [0.1, 0.15) is 11.1 Å². The van der Waals surface area contributed by atoms with Crippen LogP contribution in [0.2, 0.25) is 10.0 Å². The Bertz CT molecular complexity index is 1100. The van der Waals surface area contributed by atoms with Crippen LogP contribution in [-0.4, -0.2) is 35.5 Å². The van der Waals surface area contributed by atoms with Crippen LogP contribution >= 0.6 is 35.4 Å². The number of nitrogens with one attached hydrogen (secondary N) is 1. The fourth-order valence-electron chi connectivity index (χ4n) is 2.84. The summed E-state index contributed by atoms with van der Waals surface area (Å²) in [5.74, 6) is -0.122. The summed E-state index contributed by atoms with van der Waals surface area (Å²) < 4.78 is 11.2. The van der Waals surface area contributed by atoms with E-state index in [1.807, 2.05) is 6.07 Å². The van der Waals surface area contributed by atoms with Gasteiger partial charge in [-0.2, -0.15) is 0 Å². The summed E-state index contributed by atoms with van der Waals surface area (Å²) in [7, 11) is 1.50. The van der Waals surface area contributed by atoms with Gasteiger partial charge in [0.15, 0.2) is 16.6 Å². The number of carbonyl (C=O) groups excluding carboxylic acids is 2. The molecule has 9 heteroatoms. The highest BCUT2D eigenvalue weighted by Gasteiger charge is 2.32. The molecular formula is C22H18Cl2N2O4S. The van der Waals surface area contributed by atoms with Crippen LogP contribution in [0, 0.1) is 0 Å². The molecule has 1 saturated heterocycles. The highest BCUT2D eigenvalue weighted by Crippen LogP contribution is 2.31. The Morgan fingerprint density at radius 3 is 2.58 bits per heavy atom. The predicted octanol–water partition coefficient (Wildman–Crippen LogP) is 4.39. The van der Waals surface area contributed by atoms with Crippen LogP contribution in [0.5, 0.6) is 11.5 Å². The molecule has 1 N–H and O–H groups in total. The number of carbonyl (C=O) groups is 2. The molecule has 0 radical (unpaired) electrons. The molecule has 0 atom stereocenters. The van der Waals surface area contributed by atoms with Gasteiger partial charge in [-0.1, -0.05) is 41.4 Å². The van der Waals surface area contributed by atoms with Crippen LogP contribution in [0.25, 0.3) is 6.08 Å². The maximum Gasteiger partial charge on any atom is 0.265 e. The van der Waals surface area contributed by atoms with Gasteiger partial charge in [0.25, 0.3) is 11.8 Å². The largest absolute Gasteiger partial charge is 0.493 e. The van der Waals surface area contributed by atoms with Gasteiger partial charge in [-0.25, -0.2) is 0 Å². The minimum absolute atomic E-state index is 0.0398. The summed E-state index contributed by atoms with van der Waals surface area (Å²) in [6.07, 6.45) is 3.00. The first-order valence-electron chi connectivity index (χ1n) is 9.08. The lowest BCUT2D eigenvalue weighted by molar-refractivity contribution is -0.128. The maximum atomic E-state index is 12.7. The minimum Gasteiger partial charge on any atom is -0.493 e. The minimum atomic E-state index is -0.561. The molecular weight excluding hydrogens is 459 g/mol. The quantitative estimate of drug-likeness (QED) is 0.277. The zero-order valence-corrected chi connectivity index (χ0v) is 18.8. The second kappa shape index (κ2) is 9.96. The number of thiocarbonyl (C=S) groups is 1. The van der Waals surface area contributed by atoms with Gasteiger partial charge >= 0.3 is 0 Å². The third kappa shape index (κ3) is 5.25. The molecule has 31 heavy (non-hydrogen) atoms. The first kappa shape index (κ1) is 22.8. The summed E-state index contributed by atoms with van der Waals surface area (Å²) in [5, 5.41) is 3.47. The second-order valence-corrected chi connectivity index (χ2v) is 7.67. The van der Waals surface area contributed by atoms with Gasteiger partial charge in [-0.15, -0.1) is 6.58 Å². The fourth-order valence-corrected chi connectivity index (χ4v) is 3.41. The van der Waals surface area contributed by atoms with Gasteiger partial charge < -0.3 is 9.47 Å². The van der Waals surface area contributed by atoms with E-state index in [0.717, 1.165) is 5.56 Å². The SMILES string of the molecule is C=CCN1C(=O)/C(=C/c2ccc(OCc3ccc(Cl)c(Cl)c3)c(OC)c2)C(=O)NC1=S. The van der Waals surface area contributed by atoms with Crippen molar-refractivity contribution >= 4 is 58.4 Å². The lowest BCUT2D eigenvalue weighted by atomic mass is 10.1. The molecule has 1 heterocycles. The van der Waals surface area contributed by atoms with E-state index >= 15 is 0 Å². The number of ether oxygens (including phenoxy) is 2. The molecule has 0 aliphatic carbocycles. The molecule has 1 aliphatic heterocycles. The smallest absolute Gasteiger partial charge is 0.265 e. The molecule has 2 amide bonds. The van der Waals surface area contributed by atoms with E-state index in [-0.39, 0.29) is 23.8 Å². The molecule has 1 aliphatic rings. The summed E-state index contributed by atoms with van der Waals surface area (Å²) in [6.45, 7) is 4.05. The molecule has 6 nitrogen and oxygen atoms in total. The van der Waals surface area contributed by atoms with Crippen molar-refractivity contribution in [1.29, 1.82) is 0 Å².